The molecule has 0 atom stereocenters. The summed E-state index contributed by atoms with van der Waals surface area (Å²) in [5, 5.41) is 15.3. The van der Waals surface area contributed by atoms with Gasteiger partial charge >= 0.3 is 0 Å². The fourth-order valence-corrected chi connectivity index (χ4v) is 3.83. The normalized spacial score (nSPS) is 16.9. The lowest BCUT2D eigenvalue weighted by Gasteiger charge is -2.20. The average Bonchev–Trinajstić information content (AvgIpc) is 3.19. The van der Waals surface area contributed by atoms with Crippen LogP contribution in [0.1, 0.15) is 24.5 Å². The van der Waals surface area contributed by atoms with Crippen LogP contribution in [0.3, 0.4) is 0 Å². The maximum atomic E-state index is 13.8. The molecule has 4 rings (SSSR count). The second-order valence-corrected chi connectivity index (χ2v) is 7.70. The van der Waals surface area contributed by atoms with Crippen LogP contribution in [-0.4, -0.2) is 34.1 Å². The first-order chi connectivity index (χ1) is 15.0. The molecule has 0 unspecified atom stereocenters. The fourth-order valence-electron chi connectivity index (χ4n) is 3.01. The first kappa shape index (κ1) is 20.8. The Balaban J connectivity index is 1.57. The number of nitrogens with zero attached hydrogens (tertiary/aromatic N) is 3. The van der Waals surface area contributed by atoms with E-state index < -0.39 is 5.91 Å². The number of thioether (sulfide) groups is 1. The van der Waals surface area contributed by atoms with Crippen molar-refractivity contribution in [2.45, 2.75) is 20.0 Å². The number of carbonyl (C=O) groups is 1. The molecule has 0 aliphatic carbocycles. The molecule has 0 aromatic heterocycles. The number of hydrogen-bond donors (Lipinski definition) is 1. The van der Waals surface area contributed by atoms with Crippen molar-refractivity contribution in [2.75, 3.05) is 7.11 Å². The molecule has 158 valence electrons. The number of benzene rings is 2. The Hall–Kier alpha value is -3.46. The Morgan fingerprint density at radius 2 is 2.03 bits per heavy atom. The van der Waals surface area contributed by atoms with Crippen molar-refractivity contribution in [2.24, 2.45) is 10.1 Å². The third-order valence-corrected chi connectivity index (χ3v) is 5.69. The van der Waals surface area contributed by atoms with Crippen LogP contribution >= 0.6 is 11.8 Å². The van der Waals surface area contributed by atoms with Crippen molar-refractivity contribution in [1.82, 2.24) is 5.01 Å². The van der Waals surface area contributed by atoms with Crippen molar-refractivity contribution in [3.05, 3.63) is 65.0 Å². The quantitative estimate of drug-likeness (QED) is 0.674. The second kappa shape index (κ2) is 8.73. The number of rotatable bonds is 6. The number of aliphatic imine (C=N–C) groups is 1. The number of hydrazone groups is 1. The van der Waals surface area contributed by atoms with Crippen LogP contribution in [0.15, 0.2) is 58.1 Å². The van der Waals surface area contributed by atoms with E-state index in [1.165, 1.54) is 29.9 Å². The van der Waals surface area contributed by atoms with Crippen LogP contribution in [-0.2, 0) is 11.4 Å². The van der Waals surface area contributed by atoms with Gasteiger partial charge in [0.2, 0.25) is 5.17 Å². The molecule has 2 aliphatic rings. The maximum absolute atomic E-state index is 13.8. The van der Waals surface area contributed by atoms with Gasteiger partial charge in [-0.2, -0.15) is 15.1 Å². The van der Waals surface area contributed by atoms with Crippen LogP contribution in [0.4, 0.5) is 4.39 Å². The predicted molar refractivity (Wildman–Crippen MR) is 119 cm³/mol. The van der Waals surface area contributed by atoms with E-state index in [4.69, 9.17) is 14.9 Å². The van der Waals surface area contributed by atoms with Gasteiger partial charge in [-0.1, -0.05) is 31.2 Å². The zero-order valence-electron chi connectivity index (χ0n) is 16.9. The first-order valence-electron chi connectivity index (χ1n) is 9.53. The fraction of sp³-hybridized carbons (Fsp3) is 0.182. The zero-order chi connectivity index (χ0) is 22.0. The summed E-state index contributed by atoms with van der Waals surface area (Å²) >= 11 is 1.30. The molecule has 0 spiro atoms. The van der Waals surface area contributed by atoms with E-state index in [2.05, 4.69) is 10.1 Å². The number of carbonyl (C=O) groups excluding carboxylic acids is 1. The average molecular weight is 438 g/mol. The van der Waals surface area contributed by atoms with Gasteiger partial charge in [0.15, 0.2) is 17.3 Å². The summed E-state index contributed by atoms with van der Waals surface area (Å²) in [4.78, 5) is 16.5. The van der Waals surface area contributed by atoms with Gasteiger partial charge in [0.1, 0.15) is 17.5 Å². The Bertz CT molecular complexity index is 1160. The third-order valence-electron chi connectivity index (χ3n) is 4.64. The highest BCUT2D eigenvalue weighted by Gasteiger charge is 2.35. The third kappa shape index (κ3) is 4.22. The molecule has 2 aromatic carbocycles. The summed E-state index contributed by atoms with van der Waals surface area (Å²) in [6, 6.07) is 11.5. The molecule has 7 nitrogen and oxygen atoms in total. The molecular weight excluding hydrogens is 419 g/mol. The monoisotopic (exact) mass is 438 g/mol. The summed E-state index contributed by atoms with van der Waals surface area (Å²) in [5.41, 5.74) is 1.20. The number of amides is 1. The number of halogens is 1. The van der Waals surface area contributed by atoms with Gasteiger partial charge in [0.25, 0.3) is 5.91 Å². The smallest absolute Gasteiger partial charge is 0.283 e. The highest BCUT2D eigenvalue weighted by molar-refractivity contribution is 8.26. The molecule has 0 radical (unpaired) electrons. The number of hydrogen-bond acceptors (Lipinski definition) is 6. The van der Waals surface area contributed by atoms with Gasteiger partial charge in [-0.25, -0.2) is 4.39 Å². The van der Waals surface area contributed by atoms with E-state index in [-0.39, 0.29) is 23.8 Å². The minimum Gasteiger partial charge on any atom is -0.493 e. The number of ether oxygens (including phenoxy) is 2. The Morgan fingerprint density at radius 1 is 1.23 bits per heavy atom. The van der Waals surface area contributed by atoms with Crippen molar-refractivity contribution >= 4 is 39.8 Å². The van der Waals surface area contributed by atoms with E-state index in [1.54, 1.807) is 42.5 Å². The van der Waals surface area contributed by atoms with Crippen molar-refractivity contribution < 1.29 is 18.7 Å². The zero-order valence-corrected chi connectivity index (χ0v) is 17.7. The molecule has 2 aromatic rings. The first-order valence-corrected chi connectivity index (χ1v) is 10.3. The van der Waals surface area contributed by atoms with Gasteiger partial charge in [-0.05, 0) is 48.0 Å². The van der Waals surface area contributed by atoms with Crippen LogP contribution in [0, 0.1) is 11.2 Å². The standard InChI is InChI=1S/C22H19FN4O3S/c1-3-19-26-27-20(24)15(21(28)25-22(27)31-19)10-13-8-9-17(18(11-13)29-2)30-12-14-6-4-5-7-16(14)23/h4-11,24H,3,12H2,1-2H3. The van der Waals surface area contributed by atoms with Crippen LogP contribution in [0.2, 0.25) is 0 Å². The van der Waals surface area contributed by atoms with Gasteiger partial charge in [0.05, 0.1) is 12.7 Å². The molecule has 0 saturated carbocycles. The van der Waals surface area contributed by atoms with Crippen LogP contribution in [0.5, 0.6) is 11.5 Å². The van der Waals surface area contributed by atoms with E-state index in [1.807, 2.05) is 6.92 Å². The summed E-state index contributed by atoms with van der Waals surface area (Å²) < 4.78 is 24.9. The van der Waals surface area contributed by atoms with Crippen LogP contribution < -0.4 is 9.47 Å². The number of nitrogens with one attached hydrogen (secondary N) is 1. The molecule has 2 aliphatic heterocycles. The van der Waals surface area contributed by atoms with Crippen molar-refractivity contribution in [3.63, 3.8) is 0 Å². The number of amidine groups is 2. The molecule has 0 saturated heterocycles. The minimum absolute atomic E-state index is 0.0233. The Kier molecular flexibility index (Phi) is 5.85. The van der Waals surface area contributed by atoms with Crippen molar-refractivity contribution in [1.29, 1.82) is 5.41 Å². The molecule has 1 N–H and O–H groups in total. The minimum atomic E-state index is -0.491. The summed E-state index contributed by atoms with van der Waals surface area (Å²) in [6.45, 7) is 2.00. The van der Waals surface area contributed by atoms with Crippen molar-refractivity contribution in [3.8, 4) is 11.5 Å². The van der Waals surface area contributed by atoms with Gasteiger partial charge in [-0.15, -0.1) is 0 Å². The Morgan fingerprint density at radius 3 is 2.77 bits per heavy atom. The molecule has 31 heavy (non-hydrogen) atoms. The lowest BCUT2D eigenvalue weighted by atomic mass is 10.1. The summed E-state index contributed by atoms with van der Waals surface area (Å²) in [7, 11) is 1.50. The predicted octanol–water partition coefficient (Wildman–Crippen LogP) is 4.44. The lowest BCUT2D eigenvalue weighted by Crippen LogP contribution is -2.35. The van der Waals surface area contributed by atoms with E-state index >= 15 is 0 Å². The second-order valence-electron chi connectivity index (χ2n) is 6.66. The lowest BCUT2D eigenvalue weighted by molar-refractivity contribution is -0.114. The molecule has 9 heteroatoms. The largest absolute Gasteiger partial charge is 0.493 e. The van der Waals surface area contributed by atoms with E-state index in [9.17, 15) is 9.18 Å². The molecule has 0 fully saturated rings. The maximum Gasteiger partial charge on any atom is 0.283 e. The molecule has 1 amide bonds. The number of methoxy groups -OCH3 is 1. The molecule has 2 heterocycles. The molecular formula is C22H19FN4O3S. The van der Waals surface area contributed by atoms with Crippen LogP contribution in [0.25, 0.3) is 6.08 Å². The Labute approximate surface area is 182 Å². The SMILES string of the molecule is CCC1=NN2C(=N)C(=Cc3ccc(OCc4ccccc4F)c(OC)c3)C(=O)N=C2S1. The van der Waals surface area contributed by atoms with Gasteiger partial charge in [0, 0.05) is 5.56 Å². The summed E-state index contributed by atoms with van der Waals surface area (Å²) in [5.74, 6) is 0.00468. The van der Waals surface area contributed by atoms with Gasteiger partial charge in [-0.3, -0.25) is 10.2 Å². The topological polar surface area (TPSA) is 87.3 Å². The highest BCUT2D eigenvalue weighted by Crippen LogP contribution is 2.32. The number of fused-ring (bicyclic) bond motifs is 1. The highest BCUT2D eigenvalue weighted by atomic mass is 32.2. The van der Waals surface area contributed by atoms with E-state index in [0.717, 1.165) is 5.04 Å². The molecule has 0 bridgehead atoms. The van der Waals surface area contributed by atoms with E-state index in [0.29, 0.717) is 34.2 Å². The summed E-state index contributed by atoms with van der Waals surface area (Å²) in [6.07, 6.45) is 2.27. The van der Waals surface area contributed by atoms with Gasteiger partial charge < -0.3 is 9.47 Å².